The molecule has 0 spiro atoms. The molecule has 0 unspecified atom stereocenters. The van der Waals surface area contributed by atoms with Crippen molar-refractivity contribution in [2.45, 2.75) is 38.1 Å². The summed E-state index contributed by atoms with van der Waals surface area (Å²) in [5, 5.41) is 2.65. The quantitative estimate of drug-likeness (QED) is 0.824. The fraction of sp³-hybridized carbons (Fsp3) is 0.375. The molecule has 1 heteroatoms. The summed E-state index contributed by atoms with van der Waals surface area (Å²) in [6, 6.07) is 13.1. The molecular formula is C16H19N. The molecule has 2 N–H and O–H groups in total. The molecule has 0 saturated heterocycles. The molecule has 17 heavy (non-hydrogen) atoms. The van der Waals surface area contributed by atoms with Gasteiger partial charge in [-0.3, -0.25) is 0 Å². The molecular weight excluding hydrogens is 206 g/mol. The highest BCUT2D eigenvalue weighted by Crippen LogP contribution is 2.48. The van der Waals surface area contributed by atoms with Crippen molar-refractivity contribution in [3.8, 4) is 0 Å². The average Bonchev–Trinajstić information content (AvgIpc) is 3.06. The molecule has 1 nitrogen and oxygen atoms in total. The number of nitrogens with two attached hydrogens (primary N) is 1. The van der Waals surface area contributed by atoms with E-state index in [1.54, 1.807) is 0 Å². The van der Waals surface area contributed by atoms with Crippen LogP contribution in [-0.2, 0) is 5.54 Å². The van der Waals surface area contributed by atoms with Crippen molar-refractivity contribution >= 4 is 10.8 Å². The summed E-state index contributed by atoms with van der Waals surface area (Å²) in [5.74, 6) is 0.538. The van der Waals surface area contributed by atoms with E-state index in [-0.39, 0.29) is 5.54 Å². The van der Waals surface area contributed by atoms with Gasteiger partial charge in [0.1, 0.15) is 0 Å². The van der Waals surface area contributed by atoms with Gasteiger partial charge in [-0.25, -0.2) is 0 Å². The van der Waals surface area contributed by atoms with Gasteiger partial charge >= 0.3 is 0 Å². The molecule has 2 aromatic carbocycles. The first kappa shape index (κ1) is 10.8. The smallest absolute Gasteiger partial charge is 0.0420 e. The summed E-state index contributed by atoms with van der Waals surface area (Å²) in [4.78, 5) is 0. The maximum Gasteiger partial charge on any atom is 0.0420 e. The fourth-order valence-electron chi connectivity index (χ4n) is 2.71. The van der Waals surface area contributed by atoms with Crippen LogP contribution < -0.4 is 5.73 Å². The zero-order valence-electron chi connectivity index (χ0n) is 10.5. The van der Waals surface area contributed by atoms with Gasteiger partial charge in [0.15, 0.2) is 0 Å². The zero-order chi connectivity index (χ0) is 12.0. The van der Waals surface area contributed by atoms with E-state index >= 15 is 0 Å². The molecule has 2 aromatic rings. The van der Waals surface area contributed by atoms with E-state index in [4.69, 9.17) is 5.73 Å². The molecule has 0 bridgehead atoms. The number of benzene rings is 2. The fourth-order valence-corrected chi connectivity index (χ4v) is 2.71. The minimum Gasteiger partial charge on any atom is -0.321 e. The van der Waals surface area contributed by atoms with E-state index in [0.717, 1.165) is 12.8 Å². The monoisotopic (exact) mass is 225 g/mol. The average molecular weight is 225 g/mol. The van der Waals surface area contributed by atoms with E-state index < -0.39 is 0 Å². The Morgan fingerprint density at radius 2 is 1.76 bits per heavy atom. The number of hydrogen-bond acceptors (Lipinski definition) is 1. The van der Waals surface area contributed by atoms with Gasteiger partial charge in [0.2, 0.25) is 0 Å². The highest BCUT2D eigenvalue weighted by Gasteiger charge is 2.42. The Hall–Kier alpha value is -1.34. The summed E-state index contributed by atoms with van der Waals surface area (Å²) < 4.78 is 0. The van der Waals surface area contributed by atoms with E-state index in [2.05, 4.69) is 50.2 Å². The van der Waals surface area contributed by atoms with Crippen molar-refractivity contribution in [2.75, 3.05) is 0 Å². The zero-order valence-corrected chi connectivity index (χ0v) is 10.5. The Labute approximate surface area is 103 Å². The number of hydrogen-bond donors (Lipinski definition) is 1. The predicted molar refractivity (Wildman–Crippen MR) is 73.1 cm³/mol. The van der Waals surface area contributed by atoms with Gasteiger partial charge in [0, 0.05) is 5.54 Å². The van der Waals surface area contributed by atoms with Crippen LogP contribution in [0.2, 0.25) is 0 Å². The highest BCUT2D eigenvalue weighted by molar-refractivity contribution is 5.88. The van der Waals surface area contributed by atoms with Crippen LogP contribution in [-0.4, -0.2) is 0 Å². The molecule has 0 aliphatic heterocycles. The summed E-state index contributed by atoms with van der Waals surface area (Å²) >= 11 is 0. The van der Waals surface area contributed by atoms with Crippen LogP contribution in [0.15, 0.2) is 36.4 Å². The van der Waals surface area contributed by atoms with E-state index in [1.807, 2.05) is 0 Å². The van der Waals surface area contributed by atoms with Crippen molar-refractivity contribution in [2.24, 2.45) is 5.73 Å². The molecule has 0 aromatic heterocycles. The molecule has 0 heterocycles. The second-order valence-corrected chi connectivity index (χ2v) is 5.56. The molecule has 0 radical (unpaired) electrons. The minimum absolute atomic E-state index is 0.0551. The van der Waals surface area contributed by atoms with Crippen LogP contribution in [0, 0.1) is 0 Å². The minimum atomic E-state index is -0.0551. The highest BCUT2D eigenvalue weighted by atomic mass is 14.8. The Morgan fingerprint density at radius 3 is 2.41 bits per heavy atom. The van der Waals surface area contributed by atoms with Crippen LogP contribution in [0.1, 0.15) is 43.7 Å². The van der Waals surface area contributed by atoms with Gasteiger partial charge in [-0.15, -0.1) is 0 Å². The van der Waals surface area contributed by atoms with Crippen LogP contribution in [0.4, 0.5) is 0 Å². The standard InChI is InChI=1S/C16H19N/c1-11(2)13-8-7-12-5-3-4-6-14(12)15(13)16(17)9-10-16/h3-8,11H,9-10,17H2,1-2H3. The van der Waals surface area contributed by atoms with Crippen molar-refractivity contribution in [1.29, 1.82) is 0 Å². The van der Waals surface area contributed by atoms with Crippen LogP contribution >= 0.6 is 0 Å². The van der Waals surface area contributed by atoms with E-state index in [0.29, 0.717) is 5.92 Å². The molecule has 0 amide bonds. The van der Waals surface area contributed by atoms with Gasteiger partial charge in [0.05, 0.1) is 0 Å². The molecule has 1 saturated carbocycles. The maximum absolute atomic E-state index is 6.47. The largest absolute Gasteiger partial charge is 0.321 e. The molecule has 1 fully saturated rings. The molecule has 3 rings (SSSR count). The lowest BCUT2D eigenvalue weighted by molar-refractivity contribution is 0.715. The van der Waals surface area contributed by atoms with E-state index in [9.17, 15) is 0 Å². The lowest BCUT2D eigenvalue weighted by Crippen LogP contribution is -2.21. The van der Waals surface area contributed by atoms with Gasteiger partial charge in [-0.1, -0.05) is 50.2 Å². The predicted octanol–water partition coefficient (Wildman–Crippen LogP) is 3.91. The van der Waals surface area contributed by atoms with E-state index in [1.165, 1.54) is 21.9 Å². The first-order valence-electron chi connectivity index (χ1n) is 6.43. The topological polar surface area (TPSA) is 26.0 Å². The summed E-state index contributed by atoms with van der Waals surface area (Å²) in [6.45, 7) is 4.50. The molecule has 1 aliphatic carbocycles. The third-order valence-electron chi connectivity index (χ3n) is 3.87. The molecule has 88 valence electrons. The summed E-state index contributed by atoms with van der Waals surface area (Å²) in [5.41, 5.74) is 9.23. The summed E-state index contributed by atoms with van der Waals surface area (Å²) in [6.07, 6.45) is 2.25. The Kier molecular flexibility index (Phi) is 2.27. The molecule has 1 aliphatic rings. The first-order valence-corrected chi connectivity index (χ1v) is 6.43. The van der Waals surface area contributed by atoms with Crippen molar-refractivity contribution in [1.82, 2.24) is 0 Å². The van der Waals surface area contributed by atoms with Crippen LogP contribution in [0.25, 0.3) is 10.8 Å². The van der Waals surface area contributed by atoms with Crippen molar-refractivity contribution < 1.29 is 0 Å². The lowest BCUT2D eigenvalue weighted by atomic mass is 9.87. The Balaban J connectivity index is 2.35. The second-order valence-electron chi connectivity index (χ2n) is 5.56. The third-order valence-corrected chi connectivity index (χ3v) is 3.87. The Bertz CT molecular complexity index is 565. The van der Waals surface area contributed by atoms with Gasteiger partial charge in [-0.05, 0) is 40.7 Å². The van der Waals surface area contributed by atoms with Gasteiger partial charge < -0.3 is 5.73 Å². The Morgan fingerprint density at radius 1 is 1.06 bits per heavy atom. The van der Waals surface area contributed by atoms with Gasteiger partial charge in [0.25, 0.3) is 0 Å². The maximum atomic E-state index is 6.47. The van der Waals surface area contributed by atoms with Gasteiger partial charge in [-0.2, -0.15) is 0 Å². The van der Waals surface area contributed by atoms with Crippen LogP contribution in [0.3, 0.4) is 0 Å². The SMILES string of the molecule is CC(C)c1ccc2ccccc2c1C1(N)CC1. The second kappa shape index (κ2) is 3.58. The lowest BCUT2D eigenvalue weighted by Gasteiger charge is -2.20. The number of fused-ring (bicyclic) bond motifs is 1. The number of rotatable bonds is 2. The van der Waals surface area contributed by atoms with Crippen LogP contribution in [0.5, 0.6) is 0 Å². The third kappa shape index (κ3) is 1.66. The normalized spacial score (nSPS) is 17.6. The summed E-state index contributed by atoms with van der Waals surface area (Å²) in [7, 11) is 0. The molecule has 0 atom stereocenters. The van der Waals surface area contributed by atoms with Crippen molar-refractivity contribution in [3.05, 3.63) is 47.5 Å². The van der Waals surface area contributed by atoms with Crippen molar-refractivity contribution in [3.63, 3.8) is 0 Å². The first-order chi connectivity index (χ1) is 8.12.